The van der Waals surface area contributed by atoms with Gasteiger partial charge in [-0.05, 0) is 34.6 Å². The van der Waals surface area contributed by atoms with E-state index in [4.69, 9.17) is 0 Å². The highest BCUT2D eigenvalue weighted by Crippen LogP contribution is 2.12. The Kier molecular flexibility index (Phi) is 4.52. The molecule has 3 nitrogen and oxygen atoms in total. The van der Waals surface area contributed by atoms with Crippen molar-refractivity contribution in [3.63, 3.8) is 0 Å². The van der Waals surface area contributed by atoms with E-state index in [0.29, 0.717) is 6.54 Å². The topological polar surface area (TPSA) is 32.3 Å². The molecule has 0 aromatic rings. The Bertz CT molecular complexity index is 192. The highest BCUT2D eigenvalue weighted by atomic mass is 16.2. The Morgan fingerprint density at radius 2 is 2.00 bits per heavy atom. The van der Waals surface area contributed by atoms with E-state index in [1.807, 2.05) is 34.6 Å². The molecule has 0 bridgehead atoms. The van der Waals surface area contributed by atoms with Gasteiger partial charge in [-0.1, -0.05) is 6.08 Å². The molecule has 0 heterocycles. The summed E-state index contributed by atoms with van der Waals surface area (Å²) < 4.78 is 0. The van der Waals surface area contributed by atoms with Gasteiger partial charge in [0.1, 0.15) is 0 Å². The van der Waals surface area contributed by atoms with Gasteiger partial charge in [-0.15, -0.1) is 0 Å². The van der Waals surface area contributed by atoms with Gasteiger partial charge in [0, 0.05) is 18.3 Å². The molecule has 13 heavy (non-hydrogen) atoms. The van der Waals surface area contributed by atoms with Crippen molar-refractivity contribution < 1.29 is 4.79 Å². The molecule has 0 spiro atoms. The molecule has 0 fully saturated rings. The van der Waals surface area contributed by atoms with Crippen LogP contribution in [0.25, 0.3) is 0 Å². The number of hydrogen-bond donors (Lipinski definition) is 1. The number of amides is 2. The third-order valence-electron chi connectivity index (χ3n) is 1.74. The molecule has 0 aliphatic heterocycles. The Morgan fingerprint density at radius 1 is 1.46 bits per heavy atom. The van der Waals surface area contributed by atoms with E-state index < -0.39 is 0 Å². The number of carbonyl (C=O) groups is 1. The quantitative estimate of drug-likeness (QED) is 0.702. The van der Waals surface area contributed by atoms with Crippen molar-refractivity contribution >= 4 is 6.03 Å². The fourth-order valence-corrected chi connectivity index (χ4v) is 1.16. The predicted molar refractivity (Wildman–Crippen MR) is 55.5 cm³/mol. The maximum Gasteiger partial charge on any atom is 0.321 e. The minimum absolute atomic E-state index is 0.0481. The molecule has 3 heteroatoms. The molecular formula is C10H20N2O. The molecular weight excluding hydrogens is 164 g/mol. The van der Waals surface area contributed by atoms with Crippen LogP contribution in [0.2, 0.25) is 0 Å². The second-order valence-corrected chi connectivity index (χ2v) is 3.86. The molecule has 76 valence electrons. The van der Waals surface area contributed by atoms with Crippen LogP contribution in [0.1, 0.15) is 34.6 Å². The number of urea groups is 1. The number of hydrogen-bond acceptors (Lipinski definition) is 1. The molecule has 0 aromatic heterocycles. The lowest BCUT2D eigenvalue weighted by atomic mass is 10.1. The van der Waals surface area contributed by atoms with Crippen LogP contribution in [0.4, 0.5) is 4.79 Å². The first-order valence-electron chi connectivity index (χ1n) is 4.62. The van der Waals surface area contributed by atoms with E-state index in [-0.39, 0.29) is 11.6 Å². The Morgan fingerprint density at radius 3 is 2.31 bits per heavy atom. The van der Waals surface area contributed by atoms with E-state index in [0.717, 1.165) is 0 Å². The van der Waals surface area contributed by atoms with Crippen LogP contribution >= 0.6 is 0 Å². The average molecular weight is 184 g/mol. The molecule has 0 radical (unpaired) electrons. The molecule has 0 rings (SSSR count). The van der Waals surface area contributed by atoms with Gasteiger partial charge in [0.15, 0.2) is 0 Å². The van der Waals surface area contributed by atoms with E-state index in [2.05, 4.69) is 5.32 Å². The Hall–Kier alpha value is -0.990. The number of allylic oxidation sites excluding steroid dienone is 1. The first-order valence-corrected chi connectivity index (χ1v) is 4.62. The SMILES string of the molecule is C/C=C/NC(=O)N(CC)C(C)(C)C. The Labute approximate surface area is 80.8 Å². The fraction of sp³-hybridized carbons (Fsp3) is 0.700. The zero-order valence-corrected chi connectivity index (χ0v) is 9.22. The molecule has 0 saturated carbocycles. The van der Waals surface area contributed by atoms with Crippen LogP contribution in [-0.4, -0.2) is 23.0 Å². The van der Waals surface area contributed by atoms with Crippen molar-refractivity contribution in [2.75, 3.05) is 6.54 Å². The van der Waals surface area contributed by atoms with Crippen molar-refractivity contribution in [2.45, 2.75) is 40.2 Å². The number of rotatable bonds is 2. The predicted octanol–water partition coefficient (Wildman–Crippen LogP) is 2.35. The van der Waals surface area contributed by atoms with E-state index in [1.54, 1.807) is 17.2 Å². The molecule has 2 amide bonds. The van der Waals surface area contributed by atoms with E-state index in [9.17, 15) is 4.79 Å². The second-order valence-electron chi connectivity index (χ2n) is 3.86. The monoisotopic (exact) mass is 184 g/mol. The zero-order valence-electron chi connectivity index (χ0n) is 9.22. The minimum atomic E-state index is -0.125. The van der Waals surface area contributed by atoms with Crippen LogP contribution < -0.4 is 5.32 Å². The molecule has 0 aliphatic carbocycles. The van der Waals surface area contributed by atoms with Crippen molar-refractivity contribution in [1.29, 1.82) is 0 Å². The second kappa shape index (κ2) is 4.90. The lowest BCUT2D eigenvalue weighted by molar-refractivity contribution is 0.153. The molecule has 1 N–H and O–H groups in total. The fourth-order valence-electron chi connectivity index (χ4n) is 1.16. The van der Waals surface area contributed by atoms with E-state index >= 15 is 0 Å². The van der Waals surface area contributed by atoms with Gasteiger partial charge in [-0.2, -0.15) is 0 Å². The van der Waals surface area contributed by atoms with Crippen molar-refractivity contribution in [1.82, 2.24) is 10.2 Å². The van der Waals surface area contributed by atoms with Gasteiger partial charge in [-0.25, -0.2) is 4.79 Å². The summed E-state index contributed by atoms with van der Waals surface area (Å²) in [6.45, 7) is 10.6. The van der Waals surface area contributed by atoms with Crippen LogP contribution in [0.5, 0.6) is 0 Å². The summed E-state index contributed by atoms with van der Waals surface area (Å²) in [4.78, 5) is 13.3. The van der Waals surface area contributed by atoms with Gasteiger partial charge in [0.2, 0.25) is 0 Å². The molecule has 0 saturated heterocycles. The third kappa shape index (κ3) is 3.97. The summed E-state index contributed by atoms with van der Waals surface area (Å²) in [5.41, 5.74) is -0.125. The number of nitrogens with one attached hydrogen (secondary N) is 1. The molecule has 0 aliphatic rings. The summed E-state index contributed by atoms with van der Waals surface area (Å²) in [6, 6.07) is -0.0481. The first kappa shape index (κ1) is 12.0. The smallest absolute Gasteiger partial charge is 0.320 e. The maximum absolute atomic E-state index is 11.5. The minimum Gasteiger partial charge on any atom is -0.320 e. The summed E-state index contributed by atoms with van der Waals surface area (Å²) in [7, 11) is 0. The first-order chi connectivity index (χ1) is 5.93. The van der Waals surface area contributed by atoms with Crippen molar-refractivity contribution in [3.05, 3.63) is 12.3 Å². The van der Waals surface area contributed by atoms with Crippen molar-refractivity contribution in [3.8, 4) is 0 Å². The Balaban J connectivity index is 4.33. The summed E-state index contributed by atoms with van der Waals surface area (Å²) >= 11 is 0. The van der Waals surface area contributed by atoms with E-state index in [1.165, 1.54) is 0 Å². The van der Waals surface area contributed by atoms with Gasteiger partial charge in [-0.3, -0.25) is 0 Å². The summed E-state index contributed by atoms with van der Waals surface area (Å²) in [5.74, 6) is 0. The largest absolute Gasteiger partial charge is 0.321 e. The molecule has 0 aromatic carbocycles. The lowest BCUT2D eigenvalue weighted by Crippen LogP contribution is -2.48. The van der Waals surface area contributed by atoms with Crippen LogP contribution in [0.15, 0.2) is 12.3 Å². The van der Waals surface area contributed by atoms with Crippen molar-refractivity contribution in [2.24, 2.45) is 0 Å². The molecule has 0 unspecified atom stereocenters. The zero-order chi connectivity index (χ0) is 10.5. The number of carbonyl (C=O) groups excluding carboxylic acids is 1. The summed E-state index contributed by atoms with van der Waals surface area (Å²) in [5, 5.41) is 2.70. The maximum atomic E-state index is 11.5. The molecule has 0 atom stereocenters. The standard InChI is InChI=1S/C10H20N2O/c1-6-8-11-9(13)12(7-2)10(3,4)5/h6,8H,7H2,1-5H3,(H,11,13)/b8-6+. The lowest BCUT2D eigenvalue weighted by Gasteiger charge is -2.34. The summed E-state index contributed by atoms with van der Waals surface area (Å²) in [6.07, 6.45) is 3.45. The van der Waals surface area contributed by atoms with Crippen LogP contribution in [-0.2, 0) is 0 Å². The van der Waals surface area contributed by atoms with Gasteiger partial charge in [0.25, 0.3) is 0 Å². The van der Waals surface area contributed by atoms with Crippen LogP contribution in [0, 0.1) is 0 Å². The van der Waals surface area contributed by atoms with Gasteiger partial charge < -0.3 is 10.2 Å². The van der Waals surface area contributed by atoms with Gasteiger partial charge in [0.05, 0.1) is 0 Å². The third-order valence-corrected chi connectivity index (χ3v) is 1.74. The highest BCUT2D eigenvalue weighted by molar-refractivity contribution is 5.75. The van der Waals surface area contributed by atoms with Gasteiger partial charge >= 0.3 is 6.03 Å². The highest BCUT2D eigenvalue weighted by Gasteiger charge is 2.23. The normalized spacial score (nSPS) is 11.8. The average Bonchev–Trinajstić information content (AvgIpc) is 1.99. The number of nitrogens with zero attached hydrogens (tertiary/aromatic N) is 1. The van der Waals surface area contributed by atoms with Crippen LogP contribution in [0.3, 0.4) is 0 Å².